The number of hydrogen-bond donors (Lipinski definition) is 0. The molecule has 1 aliphatic heterocycles. The summed E-state index contributed by atoms with van der Waals surface area (Å²) in [5.74, 6) is -0.831. The highest BCUT2D eigenvalue weighted by atomic mass is 35.5. The number of rotatable bonds is 2. The lowest BCUT2D eigenvalue weighted by Crippen LogP contribution is -2.30. The number of carbonyl (C=O) groups excluding carboxylic acids is 2. The van der Waals surface area contributed by atoms with Gasteiger partial charge in [0.05, 0.1) is 12.1 Å². The van der Waals surface area contributed by atoms with Crippen LogP contribution in [0.2, 0.25) is 5.15 Å². The maximum atomic E-state index is 12.1. The summed E-state index contributed by atoms with van der Waals surface area (Å²) in [6.45, 7) is 3.75. The summed E-state index contributed by atoms with van der Waals surface area (Å²) in [6, 6.07) is 9.50. The molecular formula is C16H15ClN2O2. The number of carbonyl (C=O) groups is 2. The van der Waals surface area contributed by atoms with Crippen molar-refractivity contribution in [1.29, 1.82) is 0 Å². The van der Waals surface area contributed by atoms with Gasteiger partial charge in [-0.05, 0) is 12.1 Å². The quantitative estimate of drug-likeness (QED) is 0.633. The highest BCUT2D eigenvalue weighted by molar-refractivity contribution is 6.30. The Morgan fingerprint density at radius 1 is 1.14 bits per heavy atom. The topological polar surface area (TPSA) is 50.3 Å². The zero-order chi connectivity index (χ0) is 15.1. The van der Waals surface area contributed by atoms with Crippen LogP contribution < -0.4 is 0 Å². The van der Waals surface area contributed by atoms with E-state index in [1.54, 1.807) is 13.8 Å². The maximum Gasteiger partial charge on any atom is 0.233 e. The van der Waals surface area contributed by atoms with Crippen molar-refractivity contribution in [3.05, 3.63) is 41.0 Å². The number of aromatic nitrogens is 1. The molecule has 2 unspecified atom stereocenters. The molecule has 2 atom stereocenters. The fourth-order valence-electron chi connectivity index (χ4n) is 2.60. The lowest BCUT2D eigenvalue weighted by Gasteiger charge is -2.15. The van der Waals surface area contributed by atoms with Gasteiger partial charge in [-0.3, -0.25) is 14.5 Å². The summed E-state index contributed by atoms with van der Waals surface area (Å²) < 4.78 is 0. The Bertz CT molecular complexity index is 724. The molecule has 0 radical (unpaired) electrons. The number of likely N-dealkylation sites (tertiary alicyclic amines) is 1. The molecule has 0 N–H and O–H groups in total. The van der Waals surface area contributed by atoms with Crippen molar-refractivity contribution in [2.45, 2.75) is 20.4 Å². The number of fused-ring (bicyclic) bond motifs is 1. The van der Waals surface area contributed by atoms with Crippen molar-refractivity contribution in [2.24, 2.45) is 11.8 Å². The third-order valence-corrected chi connectivity index (χ3v) is 4.47. The summed E-state index contributed by atoms with van der Waals surface area (Å²) in [5, 5.41) is 1.28. The molecule has 108 valence electrons. The van der Waals surface area contributed by atoms with Gasteiger partial charge in [0.1, 0.15) is 5.15 Å². The molecule has 2 heterocycles. The number of para-hydroxylation sites is 1. The van der Waals surface area contributed by atoms with Gasteiger partial charge in [0.15, 0.2) is 0 Å². The molecule has 0 bridgehead atoms. The van der Waals surface area contributed by atoms with Crippen molar-refractivity contribution in [3.63, 3.8) is 0 Å². The van der Waals surface area contributed by atoms with Crippen molar-refractivity contribution >= 4 is 34.3 Å². The van der Waals surface area contributed by atoms with Crippen LogP contribution in [0.3, 0.4) is 0 Å². The van der Waals surface area contributed by atoms with E-state index < -0.39 is 0 Å². The van der Waals surface area contributed by atoms with Crippen molar-refractivity contribution in [1.82, 2.24) is 9.88 Å². The third kappa shape index (κ3) is 2.29. The molecule has 2 aromatic rings. The first-order chi connectivity index (χ1) is 9.99. The minimum absolute atomic E-state index is 0.142. The fourth-order valence-corrected chi connectivity index (χ4v) is 2.81. The lowest BCUT2D eigenvalue weighted by molar-refractivity contribution is -0.140. The van der Waals surface area contributed by atoms with Crippen molar-refractivity contribution in [3.8, 4) is 0 Å². The van der Waals surface area contributed by atoms with E-state index in [0.29, 0.717) is 10.7 Å². The standard InChI is InChI=1S/C16H15ClN2O2/c1-9-10(2)16(21)19(15(9)20)8-12-7-11-5-3-4-6-13(11)18-14(12)17/h3-7,9-10H,8H2,1-2H3. The van der Waals surface area contributed by atoms with E-state index in [4.69, 9.17) is 11.6 Å². The second-order valence-electron chi connectivity index (χ2n) is 5.47. The second-order valence-corrected chi connectivity index (χ2v) is 5.83. The van der Waals surface area contributed by atoms with Crippen LogP contribution in [-0.2, 0) is 16.1 Å². The summed E-state index contributed by atoms with van der Waals surface area (Å²) in [4.78, 5) is 29.9. The zero-order valence-corrected chi connectivity index (χ0v) is 12.6. The number of halogens is 1. The Hall–Kier alpha value is -1.94. The van der Waals surface area contributed by atoms with E-state index in [1.165, 1.54) is 4.90 Å². The summed E-state index contributed by atoms with van der Waals surface area (Å²) in [7, 11) is 0. The predicted molar refractivity (Wildman–Crippen MR) is 80.6 cm³/mol. The first-order valence-corrected chi connectivity index (χ1v) is 7.26. The predicted octanol–water partition coefficient (Wildman–Crippen LogP) is 3.03. The smallest absolute Gasteiger partial charge is 0.233 e. The van der Waals surface area contributed by atoms with Crippen LogP contribution in [0, 0.1) is 11.8 Å². The Morgan fingerprint density at radius 3 is 2.43 bits per heavy atom. The fraction of sp³-hybridized carbons (Fsp3) is 0.312. The molecule has 21 heavy (non-hydrogen) atoms. The summed E-state index contributed by atoms with van der Waals surface area (Å²) in [5.41, 5.74) is 1.49. The first-order valence-electron chi connectivity index (χ1n) is 6.88. The highest BCUT2D eigenvalue weighted by Gasteiger charge is 2.42. The molecule has 0 saturated carbocycles. The largest absolute Gasteiger partial charge is 0.278 e. The van der Waals surface area contributed by atoms with Gasteiger partial charge in [-0.2, -0.15) is 0 Å². The molecular weight excluding hydrogens is 288 g/mol. The van der Waals surface area contributed by atoms with Crippen LogP contribution in [0.25, 0.3) is 10.9 Å². The number of benzene rings is 1. The summed E-state index contributed by atoms with van der Waals surface area (Å²) in [6.07, 6.45) is 0. The van der Waals surface area contributed by atoms with E-state index >= 15 is 0 Å². The second kappa shape index (κ2) is 5.11. The molecule has 1 aromatic carbocycles. The van der Waals surface area contributed by atoms with Gasteiger partial charge < -0.3 is 0 Å². The van der Waals surface area contributed by atoms with Gasteiger partial charge in [-0.25, -0.2) is 4.98 Å². The van der Waals surface area contributed by atoms with Crippen LogP contribution in [0.5, 0.6) is 0 Å². The number of imide groups is 1. The van der Waals surface area contributed by atoms with Crippen molar-refractivity contribution < 1.29 is 9.59 Å². The number of pyridine rings is 1. The Kier molecular flexibility index (Phi) is 3.41. The molecule has 5 heteroatoms. The van der Waals surface area contributed by atoms with Gasteiger partial charge in [0.2, 0.25) is 11.8 Å². The molecule has 3 rings (SSSR count). The Balaban J connectivity index is 1.97. The SMILES string of the molecule is CC1C(=O)N(Cc2cc3ccccc3nc2Cl)C(=O)C1C. The molecule has 0 aliphatic carbocycles. The average molecular weight is 303 g/mol. The monoisotopic (exact) mass is 302 g/mol. The maximum absolute atomic E-state index is 12.1. The summed E-state index contributed by atoms with van der Waals surface area (Å²) >= 11 is 6.19. The van der Waals surface area contributed by atoms with E-state index in [1.807, 2.05) is 30.3 Å². The third-order valence-electron chi connectivity index (χ3n) is 4.14. The van der Waals surface area contributed by atoms with Crippen LogP contribution in [0.4, 0.5) is 0 Å². The van der Waals surface area contributed by atoms with Crippen LogP contribution >= 0.6 is 11.6 Å². The van der Waals surface area contributed by atoms with Gasteiger partial charge >= 0.3 is 0 Å². The minimum atomic E-state index is -0.273. The first kappa shape index (κ1) is 14.0. The molecule has 4 nitrogen and oxygen atoms in total. The van der Waals surface area contributed by atoms with Crippen LogP contribution in [-0.4, -0.2) is 21.7 Å². The highest BCUT2D eigenvalue weighted by Crippen LogP contribution is 2.29. The molecule has 1 saturated heterocycles. The van der Waals surface area contributed by atoms with E-state index in [-0.39, 0.29) is 30.2 Å². The lowest BCUT2D eigenvalue weighted by atomic mass is 10.00. The van der Waals surface area contributed by atoms with Crippen LogP contribution in [0.15, 0.2) is 30.3 Å². The Morgan fingerprint density at radius 2 is 1.76 bits per heavy atom. The number of amides is 2. The normalized spacial score (nSPS) is 22.3. The average Bonchev–Trinajstić information content (AvgIpc) is 2.66. The minimum Gasteiger partial charge on any atom is -0.278 e. The van der Waals surface area contributed by atoms with Gasteiger partial charge in [0, 0.05) is 22.8 Å². The van der Waals surface area contributed by atoms with E-state index in [2.05, 4.69) is 4.98 Å². The molecule has 2 amide bonds. The number of hydrogen-bond acceptors (Lipinski definition) is 3. The molecule has 0 spiro atoms. The van der Waals surface area contributed by atoms with E-state index in [0.717, 1.165) is 10.9 Å². The molecule has 1 aromatic heterocycles. The van der Waals surface area contributed by atoms with E-state index in [9.17, 15) is 9.59 Å². The zero-order valence-electron chi connectivity index (χ0n) is 11.8. The Labute approximate surface area is 127 Å². The van der Waals surface area contributed by atoms with Crippen molar-refractivity contribution in [2.75, 3.05) is 0 Å². The van der Waals surface area contributed by atoms with Crippen LogP contribution in [0.1, 0.15) is 19.4 Å². The van der Waals surface area contributed by atoms with Gasteiger partial charge in [-0.15, -0.1) is 0 Å². The molecule has 1 fully saturated rings. The molecule has 1 aliphatic rings. The van der Waals surface area contributed by atoms with Gasteiger partial charge in [-0.1, -0.05) is 43.6 Å². The van der Waals surface area contributed by atoms with Gasteiger partial charge in [0.25, 0.3) is 0 Å². The number of nitrogens with zero attached hydrogens (tertiary/aromatic N) is 2.